The summed E-state index contributed by atoms with van der Waals surface area (Å²) in [5.41, 5.74) is 20.1. The van der Waals surface area contributed by atoms with Crippen LogP contribution in [0.15, 0.2) is 34.9 Å². The van der Waals surface area contributed by atoms with Gasteiger partial charge in [-0.3, -0.25) is 0 Å². The van der Waals surface area contributed by atoms with E-state index < -0.39 is 0 Å². The normalized spacial score (nSPS) is 10.5. The number of rotatable bonds is 2. The van der Waals surface area contributed by atoms with Crippen LogP contribution in [0.5, 0.6) is 0 Å². The van der Waals surface area contributed by atoms with Crippen LogP contribution in [0, 0.1) is 0 Å². The highest BCUT2D eigenvalue weighted by Gasteiger charge is 2.10. The van der Waals surface area contributed by atoms with E-state index in [1.165, 1.54) is 0 Å². The van der Waals surface area contributed by atoms with Gasteiger partial charge in [-0.15, -0.1) is 0 Å². The number of hydrogen-bond donors (Lipinski definition) is 3. The van der Waals surface area contributed by atoms with Crippen molar-refractivity contribution in [2.24, 2.45) is 5.73 Å². The van der Waals surface area contributed by atoms with Crippen LogP contribution in [0.4, 0.5) is 11.4 Å². The van der Waals surface area contributed by atoms with E-state index in [1.807, 2.05) is 6.07 Å². The summed E-state index contributed by atoms with van der Waals surface area (Å²) in [6, 6.07) is 7.13. The standard InChI is InChI=1S/C11H13N3O/c12-6-7-3-4-15-11(7)9-5-8(13)1-2-10(9)14/h1-5H,6,12-14H2. The number of benzene rings is 1. The van der Waals surface area contributed by atoms with E-state index in [0.717, 1.165) is 11.1 Å². The average Bonchev–Trinajstić information content (AvgIpc) is 2.69. The highest BCUT2D eigenvalue weighted by Crippen LogP contribution is 2.31. The molecule has 0 amide bonds. The van der Waals surface area contributed by atoms with Crippen LogP contribution in [0.3, 0.4) is 0 Å². The Morgan fingerprint density at radius 1 is 1.13 bits per heavy atom. The largest absolute Gasteiger partial charge is 0.464 e. The van der Waals surface area contributed by atoms with Crippen molar-refractivity contribution in [3.05, 3.63) is 36.1 Å². The lowest BCUT2D eigenvalue weighted by molar-refractivity contribution is 0.580. The third-order valence-corrected chi connectivity index (χ3v) is 2.29. The molecule has 0 aliphatic heterocycles. The molecular formula is C11H13N3O. The third-order valence-electron chi connectivity index (χ3n) is 2.29. The highest BCUT2D eigenvalue weighted by atomic mass is 16.3. The van der Waals surface area contributed by atoms with Crippen molar-refractivity contribution >= 4 is 11.4 Å². The molecule has 2 rings (SSSR count). The Kier molecular flexibility index (Phi) is 2.35. The summed E-state index contributed by atoms with van der Waals surface area (Å²) in [6.07, 6.45) is 1.60. The fourth-order valence-electron chi connectivity index (χ4n) is 1.50. The predicted octanol–water partition coefficient (Wildman–Crippen LogP) is 1.57. The maximum atomic E-state index is 5.85. The molecule has 15 heavy (non-hydrogen) atoms. The van der Waals surface area contributed by atoms with Gasteiger partial charge in [0.15, 0.2) is 0 Å². The SMILES string of the molecule is NCc1ccoc1-c1cc(N)ccc1N. The van der Waals surface area contributed by atoms with Gasteiger partial charge in [0.1, 0.15) is 5.76 Å². The second kappa shape index (κ2) is 3.67. The first-order valence-electron chi connectivity index (χ1n) is 4.64. The molecule has 0 aliphatic rings. The van der Waals surface area contributed by atoms with E-state index in [1.54, 1.807) is 24.5 Å². The first-order chi connectivity index (χ1) is 7.22. The molecule has 0 unspecified atom stereocenters. The summed E-state index contributed by atoms with van der Waals surface area (Å²) < 4.78 is 5.36. The Labute approximate surface area is 87.7 Å². The molecule has 0 radical (unpaired) electrons. The van der Waals surface area contributed by atoms with E-state index in [2.05, 4.69) is 0 Å². The van der Waals surface area contributed by atoms with Gasteiger partial charge in [-0.1, -0.05) is 0 Å². The summed E-state index contributed by atoms with van der Waals surface area (Å²) in [6.45, 7) is 0.417. The first-order valence-corrected chi connectivity index (χ1v) is 4.64. The zero-order valence-corrected chi connectivity index (χ0v) is 8.23. The topological polar surface area (TPSA) is 91.2 Å². The lowest BCUT2D eigenvalue weighted by atomic mass is 10.1. The minimum Gasteiger partial charge on any atom is -0.464 e. The van der Waals surface area contributed by atoms with Crippen LogP contribution in [0.25, 0.3) is 11.3 Å². The molecule has 4 nitrogen and oxygen atoms in total. The van der Waals surface area contributed by atoms with Crippen molar-refractivity contribution in [3.63, 3.8) is 0 Å². The van der Waals surface area contributed by atoms with Crippen molar-refractivity contribution in [2.45, 2.75) is 6.54 Å². The van der Waals surface area contributed by atoms with Crippen LogP contribution in [-0.4, -0.2) is 0 Å². The molecule has 0 saturated carbocycles. The van der Waals surface area contributed by atoms with Crippen molar-refractivity contribution in [1.29, 1.82) is 0 Å². The van der Waals surface area contributed by atoms with Crippen LogP contribution in [0.1, 0.15) is 5.56 Å². The van der Waals surface area contributed by atoms with E-state index >= 15 is 0 Å². The molecule has 6 N–H and O–H groups in total. The Bertz CT molecular complexity index is 476. The Balaban J connectivity index is 2.58. The number of nitrogen functional groups attached to an aromatic ring is 2. The molecule has 1 aromatic heterocycles. The van der Waals surface area contributed by atoms with Crippen molar-refractivity contribution < 1.29 is 4.42 Å². The van der Waals surface area contributed by atoms with Crippen molar-refractivity contribution in [3.8, 4) is 11.3 Å². The summed E-state index contributed by atoms with van der Waals surface area (Å²) in [4.78, 5) is 0. The van der Waals surface area contributed by atoms with Crippen LogP contribution in [0.2, 0.25) is 0 Å². The van der Waals surface area contributed by atoms with Crippen LogP contribution in [-0.2, 0) is 6.54 Å². The van der Waals surface area contributed by atoms with E-state index in [0.29, 0.717) is 23.7 Å². The smallest absolute Gasteiger partial charge is 0.140 e. The molecule has 2 aromatic rings. The molecule has 0 aliphatic carbocycles. The van der Waals surface area contributed by atoms with Crippen molar-refractivity contribution in [1.82, 2.24) is 0 Å². The summed E-state index contributed by atoms with van der Waals surface area (Å²) in [5.74, 6) is 0.697. The molecule has 0 saturated heterocycles. The zero-order valence-electron chi connectivity index (χ0n) is 8.23. The minimum atomic E-state index is 0.417. The summed E-state index contributed by atoms with van der Waals surface area (Å²) >= 11 is 0. The minimum absolute atomic E-state index is 0.417. The molecule has 78 valence electrons. The second-order valence-corrected chi connectivity index (χ2v) is 3.33. The van der Waals surface area contributed by atoms with E-state index in [-0.39, 0.29) is 0 Å². The molecular weight excluding hydrogens is 190 g/mol. The van der Waals surface area contributed by atoms with Gasteiger partial charge < -0.3 is 21.6 Å². The Hall–Kier alpha value is -1.94. The molecule has 4 heteroatoms. The average molecular weight is 203 g/mol. The zero-order chi connectivity index (χ0) is 10.8. The summed E-state index contributed by atoms with van der Waals surface area (Å²) in [5, 5.41) is 0. The number of nitrogens with two attached hydrogens (primary N) is 3. The molecule has 0 bridgehead atoms. The fraction of sp³-hybridized carbons (Fsp3) is 0.0909. The summed E-state index contributed by atoms with van der Waals surface area (Å²) in [7, 11) is 0. The Morgan fingerprint density at radius 3 is 2.67 bits per heavy atom. The van der Waals surface area contributed by atoms with Gasteiger partial charge in [-0.25, -0.2) is 0 Å². The fourth-order valence-corrected chi connectivity index (χ4v) is 1.50. The quantitative estimate of drug-likeness (QED) is 0.646. The maximum Gasteiger partial charge on any atom is 0.140 e. The van der Waals surface area contributed by atoms with Crippen LogP contribution < -0.4 is 17.2 Å². The first kappa shape index (κ1) is 9.61. The number of furan rings is 1. The van der Waals surface area contributed by atoms with E-state index in [4.69, 9.17) is 21.6 Å². The lowest BCUT2D eigenvalue weighted by Gasteiger charge is -2.05. The second-order valence-electron chi connectivity index (χ2n) is 3.33. The molecule has 0 atom stereocenters. The van der Waals surface area contributed by atoms with E-state index in [9.17, 15) is 0 Å². The molecule has 0 spiro atoms. The van der Waals surface area contributed by atoms with Gasteiger partial charge >= 0.3 is 0 Å². The lowest BCUT2D eigenvalue weighted by Crippen LogP contribution is -1.98. The molecule has 1 heterocycles. The van der Waals surface area contributed by atoms with Gasteiger partial charge in [-0.05, 0) is 24.3 Å². The maximum absolute atomic E-state index is 5.85. The predicted molar refractivity (Wildman–Crippen MR) is 60.9 cm³/mol. The van der Waals surface area contributed by atoms with Crippen molar-refractivity contribution in [2.75, 3.05) is 11.5 Å². The Morgan fingerprint density at radius 2 is 1.93 bits per heavy atom. The third kappa shape index (κ3) is 1.67. The van der Waals surface area contributed by atoms with Gasteiger partial charge in [0.25, 0.3) is 0 Å². The van der Waals surface area contributed by atoms with Gasteiger partial charge in [0, 0.05) is 29.0 Å². The monoisotopic (exact) mass is 203 g/mol. The van der Waals surface area contributed by atoms with Gasteiger partial charge in [0.05, 0.1) is 6.26 Å². The number of hydrogen-bond acceptors (Lipinski definition) is 4. The highest BCUT2D eigenvalue weighted by molar-refractivity contribution is 5.77. The molecule has 0 fully saturated rings. The number of anilines is 2. The van der Waals surface area contributed by atoms with Gasteiger partial charge in [-0.2, -0.15) is 0 Å². The van der Waals surface area contributed by atoms with Gasteiger partial charge in [0.2, 0.25) is 0 Å². The van der Waals surface area contributed by atoms with Crippen LogP contribution >= 0.6 is 0 Å². The molecule has 1 aromatic carbocycles.